The minimum Gasteiger partial charge on any atom is -0.480 e. The van der Waals surface area contributed by atoms with Crippen molar-refractivity contribution in [2.24, 2.45) is 0 Å². The van der Waals surface area contributed by atoms with Crippen LogP contribution in [-0.4, -0.2) is 70.3 Å². The average molecular weight is 299 g/mol. The predicted octanol–water partition coefficient (Wildman–Crippen LogP) is 0.476. The average Bonchev–Trinajstić information content (AvgIpc) is 2.81. The first kappa shape index (κ1) is 15.4. The van der Waals surface area contributed by atoms with E-state index in [9.17, 15) is 14.4 Å². The summed E-state index contributed by atoms with van der Waals surface area (Å²) in [6.07, 6.45) is 0.180. The maximum atomic E-state index is 12.0. The molecule has 0 saturated carbocycles. The number of carboxylic acid groups (broad SMARTS) is 1. The lowest BCUT2D eigenvalue weighted by Gasteiger charge is -2.26. The number of hydrogen-bond donors (Lipinski definition) is 2. The monoisotopic (exact) mass is 299 g/mol. The number of urea groups is 1. The van der Waals surface area contributed by atoms with Crippen LogP contribution in [-0.2, 0) is 9.53 Å². The van der Waals surface area contributed by atoms with E-state index in [1.807, 2.05) is 0 Å². The number of nitrogens with zero attached hydrogens (tertiary/aromatic N) is 2. The summed E-state index contributed by atoms with van der Waals surface area (Å²) in [6, 6.07) is -0.400. The lowest BCUT2D eigenvalue weighted by atomic mass is 10.0. The highest BCUT2D eigenvalue weighted by Crippen LogP contribution is 2.28. The van der Waals surface area contributed by atoms with Gasteiger partial charge in [0.15, 0.2) is 0 Å². The molecule has 2 N–H and O–H groups in total. The van der Waals surface area contributed by atoms with Crippen LogP contribution in [0.3, 0.4) is 0 Å². The summed E-state index contributed by atoms with van der Waals surface area (Å²) in [5.74, 6) is -1.05. The quantitative estimate of drug-likeness (QED) is 0.772. The Kier molecular flexibility index (Phi) is 3.73. The first-order valence-electron chi connectivity index (χ1n) is 6.87. The molecule has 8 nitrogen and oxygen atoms in total. The minimum absolute atomic E-state index is 0.289. The number of amides is 3. The van der Waals surface area contributed by atoms with Gasteiger partial charge in [-0.3, -0.25) is 4.79 Å². The van der Waals surface area contributed by atoms with Gasteiger partial charge in [-0.25, -0.2) is 9.59 Å². The zero-order valence-electron chi connectivity index (χ0n) is 12.5. The van der Waals surface area contributed by atoms with Gasteiger partial charge in [-0.1, -0.05) is 0 Å². The molecule has 0 bridgehead atoms. The van der Waals surface area contributed by atoms with Crippen LogP contribution >= 0.6 is 0 Å². The van der Waals surface area contributed by atoms with Crippen molar-refractivity contribution in [2.75, 3.05) is 26.2 Å². The minimum atomic E-state index is -1.05. The molecule has 0 aromatic rings. The molecular formula is C13H21N3O5. The normalized spacial score (nSPS) is 25.4. The van der Waals surface area contributed by atoms with Gasteiger partial charge in [-0.15, -0.1) is 0 Å². The summed E-state index contributed by atoms with van der Waals surface area (Å²) in [4.78, 5) is 37.3. The van der Waals surface area contributed by atoms with Crippen molar-refractivity contribution in [3.8, 4) is 0 Å². The molecule has 2 aliphatic heterocycles. The molecule has 2 rings (SSSR count). The number of ether oxygens (including phenoxy) is 1. The zero-order valence-corrected chi connectivity index (χ0v) is 12.5. The smallest absolute Gasteiger partial charge is 0.410 e. The van der Waals surface area contributed by atoms with Crippen LogP contribution < -0.4 is 5.32 Å². The van der Waals surface area contributed by atoms with Crippen LogP contribution in [0.2, 0.25) is 0 Å². The molecule has 21 heavy (non-hydrogen) atoms. The Labute approximate surface area is 123 Å². The molecule has 0 aromatic carbocycles. The molecular weight excluding hydrogens is 278 g/mol. The fourth-order valence-corrected chi connectivity index (χ4v) is 2.66. The van der Waals surface area contributed by atoms with Crippen LogP contribution in [0.1, 0.15) is 27.2 Å². The van der Waals surface area contributed by atoms with Crippen molar-refractivity contribution in [1.82, 2.24) is 15.1 Å². The Bertz CT molecular complexity index is 473. The summed E-state index contributed by atoms with van der Waals surface area (Å²) in [7, 11) is 0. The molecule has 1 atom stereocenters. The number of nitrogens with one attached hydrogen (secondary N) is 1. The van der Waals surface area contributed by atoms with Crippen molar-refractivity contribution in [1.29, 1.82) is 0 Å². The first-order chi connectivity index (χ1) is 9.60. The van der Waals surface area contributed by atoms with Crippen molar-refractivity contribution in [2.45, 2.75) is 38.3 Å². The lowest BCUT2D eigenvalue weighted by molar-refractivity contribution is -0.137. The number of carbonyl (C=O) groups is 3. The molecule has 118 valence electrons. The van der Waals surface area contributed by atoms with Gasteiger partial charge in [-0.2, -0.15) is 0 Å². The predicted molar refractivity (Wildman–Crippen MR) is 72.9 cm³/mol. The Morgan fingerprint density at radius 2 is 2.05 bits per heavy atom. The van der Waals surface area contributed by atoms with Gasteiger partial charge in [0.2, 0.25) is 0 Å². The van der Waals surface area contributed by atoms with Crippen LogP contribution in [0.4, 0.5) is 9.59 Å². The molecule has 2 saturated heterocycles. The van der Waals surface area contributed by atoms with Gasteiger partial charge in [0.25, 0.3) is 0 Å². The first-order valence-corrected chi connectivity index (χ1v) is 6.87. The van der Waals surface area contributed by atoms with Crippen LogP contribution in [0.5, 0.6) is 0 Å². The lowest BCUT2D eigenvalue weighted by Crippen LogP contribution is -2.47. The van der Waals surface area contributed by atoms with Gasteiger partial charge in [0.05, 0.1) is 5.54 Å². The molecule has 0 radical (unpaired) electrons. The van der Waals surface area contributed by atoms with Gasteiger partial charge < -0.3 is 25.0 Å². The molecule has 0 aromatic heterocycles. The van der Waals surface area contributed by atoms with Crippen LogP contribution in [0.25, 0.3) is 0 Å². The highest BCUT2D eigenvalue weighted by molar-refractivity contribution is 5.83. The zero-order chi connectivity index (χ0) is 15.8. The van der Waals surface area contributed by atoms with E-state index in [2.05, 4.69) is 5.32 Å². The molecule has 8 heteroatoms. The molecule has 2 fully saturated rings. The van der Waals surface area contributed by atoms with E-state index >= 15 is 0 Å². The number of likely N-dealkylation sites (tertiary alicyclic amines) is 1. The van der Waals surface area contributed by atoms with Crippen molar-refractivity contribution < 1.29 is 24.2 Å². The molecule has 1 spiro atoms. The Morgan fingerprint density at radius 3 is 2.62 bits per heavy atom. The summed E-state index contributed by atoms with van der Waals surface area (Å²) in [6.45, 7) is 6.16. The standard InChI is InChI=1S/C13H21N3O5/c1-12(2,3)21-11(20)15-5-4-13(7-15)8-16(6-9(17)18)10(19)14-13/h4-8H2,1-3H3,(H,14,19)(H,17,18). The highest BCUT2D eigenvalue weighted by atomic mass is 16.6. The maximum Gasteiger partial charge on any atom is 0.410 e. The fourth-order valence-electron chi connectivity index (χ4n) is 2.66. The maximum absolute atomic E-state index is 12.0. The van der Waals surface area contributed by atoms with E-state index in [-0.39, 0.29) is 13.1 Å². The largest absolute Gasteiger partial charge is 0.480 e. The van der Waals surface area contributed by atoms with E-state index in [1.54, 1.807) is 25.7 Å². The number of aliphatic carboxylic acids is 1. The topological polar surface area (TPSA) is 99.2 Å². The van der Waals surface area contributed by atoms with Crippen molar-refractivity contribution in [3.63, 3.8) is 0 Å². The Balaban J connectivity index is 1.97. The summed E-state index contributed by atoms with van der Waals surface area (Å²) < 4.78 is 5.31. The summed E-state index contributed by atoms with van der Waals surface area (Å²) in [5, 5.41) is 11.6. The van der Waals surface area contributed by atoms with Crippen LogP contribution in [0.15, 0.2) is 0 Å². The second-order valence-electron chi connectivity index (χ2n) is 6.61. The third-order valence-electron chi connectivity index (χ3n) is 3.48. The number of carbonyl (C=O) groups excluding carboxylic acids is 2. The van der Waals surface area contributed by atoms with Gasteiger partial charge in [0.1, 0.15) is 12.1 Å². The highest BCUT2D eigenvalue weighted by Gasteiger charge is 2.49. The summed E-state index contributed by atoms with van der Waals surface area (Å²) >= 11 is 0. The van der Waals surface area contributed by atoms with E-state index in [1.165, 1.54) is 4.90 Å². The van der Waals surface area contributed by atoms with Crippen molar-refractivity contribution in [3.05, 3.63) is 0 Å². The second kappa shape index (κ2) is 5.09. The van der Waals surface area contributed by atoms with Crippen LogP contribution in [0, 0.1) is 0 Å². The van der Waals surface area contributed by atoms with Gasteiger partial charge in [0, 0.05) is 19.6 Å². The van der Waals surface area contributed by atoms with Crippen molar-refractivity contribution >= 4 is 18.1 Å². The summed E-state index contributed by atoms with van der Waals surface area (Å²) in [5.41, 5.74) is -1.13. The third-order valence-corrected chi connectivity index (χ3v) is 3.48. The van der Waals surface area contributed by atoms with Gasteiger partial charge in [-0.05, 0) is 27.2 Å². The van der Waals surface area contributed by atoms with E-state index in [0.29, 0.717) is 19.5 Å². The Morgan fingerprint density at radius 1 is 1.38 bits per heavy atom. The molecule has 0 aliphatic carbocycles. The third kappa shape index (κ3) is 3.56. The number of carboxylic acids is 1. The molecule has 3 amide bonds. The fraction of sp³-hybridized carbons (Fsp3) is 0.769. The second-order valence-corrected chi connectivity index (χ2v) is 6.61. The molecule has 2 aliphatic rings. The molecule has 1 unspecified atom stereocenters. The number of rotatable bonds is 2. The molecule has 2 heterocycles. The SMILES string of the molecule is CC(C)(C)OC(=O)N1CCC2(CN(CC(=O)O)C(=O)N2)C1. The van der Waals surface area contributed by atoms with E-state index in [4.69, 9.17) is 9.84 Å². The van der Waals surface area contributed by atoms with E-state index in [0.717, 1.165) is 0 Å². The van der Waals surface area contributed by atoms with E-state index < -0.39 is 29.2 Å². The van der Waals surface area contributed by atoms with Gasteiger partial charge >= 0.3 is 18.1 Å². The number of hydrogen-bond acceptors (Lipinski definition) is 4. The Hall–Kier alpha value is -1.99.